The van der Waals surface area contributed by atoms with Gasteiger partial charge in [-0.15, -0.1) is 0 Å². The highest BCUT2D eigenvalue weighted by Gasteiger charge is 2.05. The Bertz CT molecular complexity index is 377. The molecule has 80 valence electrons. The highest BCUT2D eigenvalue weighted by molar-refractivity contribution is 5.94. The number of aryl methyl sites for hydroxylation is 1. The molecule has 1 amide bonds. The van der Waals surface area contributed by atoms with Crippen molar-refractivity contribution in [2.24, 2.45) is 0 Å². The van der Waals surface area contributed by atoms with Crippen LogP contribution in [-0.4, -0.2) is 28.5 Å². The van der Waals surface area contributed by atoms with Gasteiger partial charge in [-0.2, -0.15) is 0 Å². The van der Waals surface area contributed by atoms with Crippen LogP contribution in [0, 0.1) is 6.92 Å². The molecule has 0 radical (unpaired) electrons. The number of carboxylic acid groups (broad SMARTS) is 1. The van der Waals surface area contributed by atoms with Gasteiger partial charge in [-0.3, -0.25) is 14.6 Å². The van der Waals surface area contributed by atoms with Gasteiger partial charge in [0.05, 0.1) is 12.0 Å². The third kappa shape index (κ3) is 3.76. The maximum atomic E-state index is 11.4. The summed E-state index contributed by atoms with van der Waals surface area (Å²) in [6.07, 6.45) is 3.02. The lowest BCUT2D eigenvalue weighted by Gasteiger charge is -2.03. The van der Waals surface area contributed by atoms with E-state index in [2.05, 4.69) is 10.3 Å². The number of carbonyl (C=O) groups is 2. The fourth-order valence-electron chi connectivity index (χ4n) is 1.06. The molecule has 0 aliphatic rings. The van der Waals surface area contributed by atoms with Gasteiger partial charge >= 0.3 is 5.97 Å². The van der Waals surface area contributed by atoms with Crippen molar-refractivity contribution >= 4 is 11.9 Å². The smallest absolute Gasteiger partial charge is 0.305 e. The number of hydrogen-bond acceptors (Lipinski definition) is 3. The second-order valence-electron chi connectivity index (χ2n) is 3.15. The van der Waals surface area contributed by atoms with E-state index in [1.807, 2.05) is 6.92 Å². The van der Waals surface area contributed by atoms with Crippen LogP contribution < -0.4 is 5.32 Å². The predicted octanol–water partition coefficient (Wildman–Crippen LogP) is 0.595. The SMILES string of the molecule is Cc1cncc(C(=O)NCCC(=O)O)c1. The van der Waals surface area contributed by atoms with E-state index in [0.717, 1.165) is 5.56 Å². The summed E-state index contributed by atoms with van der Waals surface area (Å²) in [7, 11) is 0. The molecule has 1 aromatic heterocycles. The van der Waals surface area contributed by atoms with Crippen LogP contribution in [0.1, 0.15) is 22.3 Å². The molecule has 1 aromatic rings. The van der Waals surface area contributed by atoms with Crippen molar-refractivity contribution in [3.8, 4) is 0 Å². The minimum absolute atomic E-state index is 0.0784. The van der Waals surface area contributed by atoms with E-state index in [1.165, 1.54) is 6.20 Å². The lowest BCUT2D eigenvalue weighted by Crippen LogP contribution is -2.26. The third-order valence-electron chi connectivity index (χ3n) is 1.76. The lowest BCUT2D eigenvalue weighted by atomic mass is 10.2. The van der Waals surface area contributed by atoms with Gasteiger partial charge in [0.15, 0.2) is 0 Å². The summed E-state index contributed by atoms with van der Waals surface area (Å²) < 4.78 is 0. The molecule has 0 fully saturated rings. The summed E-state index contributed by atoms with van der Waals surface area (Å²) in [6.45, 7) is 1.96. The number of pyridine rings is 1. The normalized spacial score (nSPS) is 9.67. The van der Waals surface area contributed by atoms with Crippen LogP contribution >= 0.6 is 0 Å². The van der Waals surface area contributed by atoms with E-state index in [-0.39, 0.29) is 18.9 Å². The number of nitrogens with zero attached hydrogens (tertiary/aromatic N) is 1. The summed E-state index contributed by atoms with van der Waals surface area (Å²) in [4.78, 5) is 25.5. The molecule has 0 atom stereocenters. The summed E-state index contributed by atoms with van der Waals surface area (Å²) in [5.41, 5.74) is 1.33. The quantitative estimate of drug-likeness (QED) is 0.759. The van der Waals surface area contributed by atoms with Crippen molar-refractivity contribution in [2.45, 2.75) is 13.3 Å². The molecule has 1 rings (SSSR count). The van der Waals surface area contributed by atoms with Crippen LogP contribution in [0.3, 0.4) is 0 Å². The Labute approximate surface area is 87.1 Å². The molecule has 0 bridgehead atoms. The van der Waals surface area contributed by atoms with Crippen molar-refractivity contribution < 1.29 is 14.7 Å². The van der Waals surface area contributed by atoms with E-state index in [4.69, 9.17) is 5.11 Å². The Morgan fingerprint density at radius 3 is 2.80 bits per heavy atom. The van der Waals surface area contributed by atoms with Gasteiger partial charge in [-0.05, 0) is 18.6 Å². The van der Waals surface area contributed by atoms with Gasteiger partial charge in [0.25, 0.3) is 5.91 Å². The largest absolute Gasteiger partial charge is 0.481 e. The Kier molecular flexibility index (Phi) is 3.79. The highest BCUT2D eigenvalue weighted by Crippen LogP contribution is 2.00. The Morgan fingerprint density at radius 1 is 1.47 bits per heavy atom. The zero-order valence-corrected chi connectivity index (χ0v) is 8.36. The Hall–Kier alpha value is -1.91. The van der Waals surface area contributed by atoms with E-state index in [9.17, 15) is 9.59 Å². The maximum absolute atomic E-state index is 11.4. The van der Waals surface area contributed by atoms with Crippen LogP contribution in [0.25, 0.3) is 0 Å². The first-order chi connectivity index (χ1) is 7.09. The number of carbonyl (C=O) groups excluding carboxylic acids is 1. The van der Waals surface area contributed by atoms with Gasteiger partial charge < -0.3 is 10.4 Å². The molecule has 2 N–H and O–H groups in total. The zero-order valence-electron chi connectivity index (χ0n) is 8.36. The average molecular weight is 208 g/mol. The molecule has 0 aromatic carbocycles. The van der Waals surface area contributed by atoms with E-state index < -0.39 is 5.97 Å². The number of aromatic nitrogens is 1. The fourth-order valence-corrected chi connectivity index (χ4v) is 1.06. The molecule has 0 saturated heterocycles. The minimum Gasteiger partial charge on any atom is -0.481 e. The molecule has 0 spiro atoms. The average Bonchev–Trinajstić information content (AvgIpc) is 2.17. The molecule has 5 heteroatoms. The highest BCUT2D eigenvalue weighted by atomic mass is 16.4. The summed E-state index contributed by atoms with van der Waals surface area (Å²) in [5, 5.41) is 10.9. The number of aliphatic carboxylic acids is 1. The lowest BCUT2D eigenvalue weighted by molar-refractivity contribution is -0.136. The molecule has 0 aliphatic heterocycles. The van der Waals surface area contributed by atoms with Crippen molar-refractivity contribution in [3.05, 3.63) is 29.6 Å². The van der Waals surface area contributed by atoms with E-state index >= 15 is 0 Å². The monoisotopic (exact) mass is 208 g/mol. The number of rotatable bonds is 4. The van der Waals surface area contributed by atoms with Gasteiger partial charge in [0.2, 0.25) is 0 Å². The van der Waals surface area contributed by atoms with Crippen molar-refractivity contribution in [1.29, 1.82) is 0 Å². The maximum Gasteiger partial charge on any atom is 0.305 e. The molecular weight excluding hydrogens is 196 g/mol. The molecule has 5 nitrogen and oxygen atoms in total. The van der Waals surface area contributed by atoms with Crippen LogP contribution in [0.4, 0.5) is 0 Å². The number of nitrogens with one attached hydrogen (secondary N) is 1. The number of carboxylic acids is 1. The first-order valence-corrected chi connectivity index (χ1v) is 4.51. The fraction of sp³-hybridized carbons (Fsp3) is 0.300. The first-order valence-electron chi connectivity index (χ1n) is 4.51. The first kappa shape index (κ1) is 11.2. The predicted molar refractivity (Wildman–Crippen MR) is 53.6 cm³/mol. The third-order valence-corrected chi connectivity index (χ3v) is 1.76. The van der Waals surface area contributed by atoms with Gasteiger partial charge in [0.1, 0.15) is 0 Å². The van der Waals surface area contributed by atoms with Crippen molar-refractivity contribution in [3.63, 3.8) is 0 Å². The van der Waals surface area contributed by atoms with Crippen LogP contribution in [-0.2, 0) is 4.79 Å². The number of amides is 1. The molecule has 0 aliphatic carbocycles. The van der Waals surface area contributed by atoms with Gasteiger partial charge in [0, 0.05) is 18.9 Å². The second-order valence-corrected chi connectivity index (χ2v) is 3.15. The van der Waals surface area contributed by atoms with E-state index in [0.29, 0.717) is 5.56 Å². The topological polar surface area (TPSA) is 79.3 Å². The summed E-state index contributed by atoms with van der Waals surface area (Å²) >= 11 is 0. The zero-order chi connectivity index (χ0) is 11.3. The minimum atomic E-state index is -0.933. The van der Waals surface area contributed by atoms with Gasteiger partial charge in [-0.1, -0.05) is 0 Å². The van der Waals surface area contributed by atoms with Crippen LogP contribution in [0.5, 0.6) is 0 Å². The van der Waals surface area contributed by atoms with Crippen LogP contribution in [0.2, 0.25) is 0 Å². The second kappa shape index (κ2) is 5.09. The van der Waals surface area contributed by atoms with Crippen molar-refractivity contribution in [2.75, 3.05) is 6.54 Å². The summed E-state index contributed by atoms with van der Waals surface area (Å²) in [5.74, 6) is -1.23. The Balaban J connectivity index is 2.50. The molecule has 15 heavy (non-hydrogen) atoms. The van der Waals surface area contributed by atoms with Crippen molar-refractivity contribution in [1.82, 2.24) is 10.3 Å². The number of hydrogen-bond donors (Lipinski definition) is 2. The Morgan fingerprint density at radius 2 is 2.20 bits per heavy atom. The molecule has 0 unspecified atom stereocenters. The molecule has 0 saturated carbocycles. The standard InChI is InChI=1S/C10H12N2O3/c1-7-4-8(6-11-5-7)10(15)12-3-2-9(13)14/h4-6H,2-3H2,1H3,(H,12,15)(H,13,14). The summed E-state index contributed by atoms with van der Waals surface area (Å²) in [6, 6.07) is 1.70. The van der Waals surface area contributed by atoms with Gasteiger partial charge in [-0.25, -0.2) is 0 Å². The molecule has 1 heterocycles. The molecular formula is C10H12N2O3. The van der Waals surface area contributed by atoms with Crippen LogP contribution in [0.15, 0.2) is 18.5 Å². The van der Waals surface area contributed by atoms with E-state index in [1.54, 1.807) is 12.3 Å².